The molecule has 3 aromatic carbocycles. The maximum atomic E-state index is 14.5. The molecule has 4 aliphatic rings. The Morgan fingerprint density at radius 2 is 1.81 bits per heavy atom. The second-order valence-electron chi connectivity index (χ2n) is 14.8. The molecule has 2 fully saturated rings. The van der Waals surface area contributed by atoms with E-state index in [4.69, 9.17) is 28.9 Å². The van der Waals surface area contributed by atoms with Gasteiger partial charge in [-0.15, -0.1) is 17.9 Å². The summed E-state index contributed by atoms with van der Waals surface area (Å²) in [4.78, 5) is 55.0. The van der Waals surface area contributed by atoms with Crippen LogP contribution in [0.25, 0.3) is 21.6 Å². The number of thiazole rings is 1. The van der Waals surface area contributed by atoms with Gasteiger partial charge in [0, 0.05) is 40.3 Å². The van der Waals surface area contributed by atoms with Crippen LogP contribution in [0.2, 0.25) is 0 Å². The number of aromatic nitrogens is 2. The first-order valence-corrected chi connectivity index (χ1v) is 21.3. The van der Waals surface area contributed by atoms with Gasteiger partial charge in [-0.2, -0.15) is 0 Å². The van der Waals surface area contributed by atoms with Crippen molar-refractivity contribution in [2.24, 2.45) is 5.92 Å². The Morgan fingerprint density at radius 1 is 1.00 bits per heavy atom. The second-order valence-corrected chi connectivity index (χ2v) is 17.5. The lowest BCUT2D eigenvalue weighted by Crippen LogP contribution is -2.56. The fraction of sp³-hybridized carbons (Fsp3) is 0.310. The average Bonchev–Trinajstić information content (AvgIpc) is 3.59. The minimum Gasteiger partial charge on any atom is -0.497 e. The van der Waals surface area contributed by atoms with E-state index in [9.17, 15) is 22.8 Å². The van der Waals surface area contributed by atoms with Crippen LogP contribution >= 0.6 is 11.3 Å². The monoisotopic (exact) mass is 821 g/mol. The molecule has 58 heavy (non-hydrogen) atoms. The first-order chi connectivity index (χ1) is 28.0. The van der Waals surface area contributed by atoms with E-state index in [1.807, 2.05) is 24.3 Å². The minimum atomic E-state index is -4.25. The molecule has 2 N–H and O–H groups in total. The third-order valence-electron chi connectivity index (χ3n) is 11.1. The number of sulfonamides is 1. The molecule has 0 bridgehead atoms. The molecule has 0 unspecified atom stereocenters. The van der Waals surface area contributed by atoms with E-state index in [0.717, 1.165) is 36.4 Å². The smallest absolute Gasteiger partial charge is 0.264 e. The van der Waals surface area contributed by atoms with Crippen LogP contribution in [0.5, 0.6) is 23.0 Å². The van der Waals surface area contributed by atoms with Crippen LogP contribution in [0.4, 0.5) is 0 Å². The van der Waals surface area contributed by atoms with E-state index in [0.29, 0.717) is 39.6 Å². The van der Waals surface area contributed by atoms with Gasteiger partial charge in [-0.25, -0.2) is 23.1 Å². The summed E-state index contributed by atoms with van der Waals surface area (Å²) in [6, 6.07) is 18.5. The van der Waals surface area contributed by atoms with Crippen molar-refractivity contribution in [1.29, 1.82) is 0 Å². The first kappa shape index (κ1) is 37.6. The third-order valence-corrected chi connectivity index (χ3v) is 13.6. The highest BCUT2D eigenvalue weighted by Crippen LogP contribution is 2.46. The summed E-state index contributed by atoms with van der Waals surface area (Å²) >= 11 is 1.63. The predicted octanol–water partition coefficient (Wildman–Crippen LogP) is 5.20. The summed E-state index contributed by atoms with van der Waals surface area (Å²) in [5.74, 6) is -0.557. The Morgan fingerprint density at radius 3 is 2.59 bits per heavy atom. The van der Waals surface area contributed by atoms with Crippen LogP contribution < -0.4 is 29.0 Å². The fourth-order valence-electron chi connectivity index (χ4n) is 7.91. The number of benzene rings is 3. The van der Waals surface area contributed by atoms with Crippen molar-refractivity contribution >= 4 is 50.0 Å². The maximum Gasteiger partial charge on any atom is 0.264 e. The molecule has 5 aromatic rings. The summed E-state index contributed by atoms with van der Waals surface area (Å²) < 4.78 is 51.7. The first-order valence-electron chi connectivity index (χ1n) is 19.0. The number of pyridine rings is 1. The Hall–Kier alpha value is -6.00. The summed E-state index contributed by atoms with van der Waals surface area (Å²) in [6.07, 6.45) is 5.12. The van der Waals surface area contributed by atoms with Crippen LogP contribution in [0, 0.1) is 5.92 Å². The van der Waals surface area contributed by atoms with Crippen molar-refractivity contribution in [2.75, 3.05) is 20.4 Å². The Bertz CT molecular complexity index is 2570. The summed E-state index contributed by atoms with van der Waals surface area (Å²) in [5.41, 5.74) is 1.02. The van der Waals surface area contributed by atoms with E-state index in [-0.39, 0.29) is 36.6 Å². The van der Waals surface area contributed by atoms with E-state index in [2.05, 4.69) is 16.6 Å². The lowest BCUT2D eigenvalue weighted by molar-refractivity contribution is -0.131. The van der Waals surface area contributed by atoms with Gasteiger partial charge >= 0.3 is 0 Å². The van der Waals surface area contributed by atoms with E-state index in [1.165, 1.54) is 28.0 Å². The highest BCUT2D eigenvalue weighted by Gasteiger charge is 2.61. The fourth-order valence-corrected chi connectivity index (χ4v) is 10.1. The van der Waals surface area contributed by atoms with Gasteiger partial charge in [0.15, 0.2) is 11.5 Å². The molecule has 1 saturated heterocycles. The number of amides is 3. The number of fused-ring (bicyclic) bond motifs is 3. The second kappa shape index (κ2) is 14.7. The van der Waals surface area contributed by atoms with Crippen molar-refractivity contribution in [3.63, 3.8) is 0 Å². The summed E-state index contributed by atoms with van der Waals surface area (Å²) in [5, 5.41) is 4.32. The number of rotatable bonds is 11. The lowest BCUT2D eigenvalue weighted by atomic mass is 10.0. The van der Waals surface area contributed by atoms with Crippen LogP contribution in [-0.4, -0.2) is 79.1 Å². The van der Waals surface area contributed by atoms with Gasteiger partial charge in [-0.1, -0.05) is 24.3 Å². The Labute approximate surface area is 338 Å². The largest absolute Gasteiger partial charge is 0.497 e. The lowest BCUT2D eigenvalue weighted by Gasteiger charge is -2.26. The minimum absolute atomic E-state index is 0.0126. The molecule has 16 heteroatoms. The zero-order valence-corrected chi connectivity index (χ0v) is 33.1. The number of ether oxygens (including phenoxy) is 4. The third kappa shape index (κ3) is 6.89. The van der Waals surface area contributed by atoms with Gasteiger partial charge in [-0.05, 0) is 74.6 Å². The molecule has 4 heterocycles. The van der Waals surface area contributed by atoms with Crippen molar-refractivity contribution in [3.05, 3.63) is 102 Å². The summed E-state index contributed by atoms with van der Waals surface area (Å²) in [6.45, 7) is 3.84. The number of nitrogens with zero attached hydrogens (tertiary/aromatic N) is 3. The highest BCUT2D eigenvalue weighted by molar-refractivity contribution is 7.90. The number of aryl methyl sites for hydroxylation is 2. The molecule has 0 spiro atoms. The number of carbonyl (C=O) groups is 3. The van der Waals surface area contributed by atoms with Crippen molar-refractivity contribution in [2.45, 2.75) is 61.1 Å². The number of nitrogens with one attached hydrogen (secondary N) is 2. The van der Waals surface area contributed by atoms with Crippen molar-refractivity contribution < 1.29 is 41.7 Å². The average molecular weight is 822 g/mol. The van der Waals surface area contributed by atoms with Gasteiger partial charge in [0.05, 0.1) is 29.8 Å². The number of methoxy groups -OCH3 is 1. The van der Waals surface area contributed by atoms with E-state index in [1.54, 1.807) is 54.8 Å². The topological polar surface area (TPSA) is 175 Å². The van der Waals surface area contributed by atoms with E-state index < -0.39 is 51.3 Å². The maximum absolute atomic E-state index is 14.5. The van der Waals surface area contributed by atoms with Gasteiger partial charge in [0.1, 0.15) is 39.9 Å². The molecule has 2 aliphatic heterocycles. The normalized spacial score (nSPS) is 21.9. The molecule has 3 amide bonds. The molecule has 0 radical (unpaired) electrons. The highest BCUT2D eigenvalue weighted by atomic mass is 32.2. The number of hydrogen-bond donors (Lipinski definition) is 2. The zero-order chi connectivity index (χ0) is 40.2. The zero-order valence-electron chi connectivity index (χ0n) is 31.4. The molecular weight excluding hydrogens is 783 g/mol. The molecule has 4 atom stereocenters. The SMILES string of the molecule is C=C[C@@H]1C[C@]1(NC(=O)[C@@H]1C[C@@H](Oc2cc(-c3nc4c(s3)CCCC4)nc3cc(OC)ccc23)CN1C(=O)c1ccc2c(c1)OCO2)C(=O)NS(=O)(=O)c1ccccc1. The predicted molar refractivity (Wildman–Crippen MR) is 213 cm³/mol. The van der Waals surface area contributed by atoms with E-state index >= 15 is 0 Å². The van der Waals surface area contributed by atoms with Crippen LogP contribution in [0.3, 0.4) is 0 Å². The van der Waals surface area contributed by atoms with Gasteiger partial charge in [-0.3, -0.25) is 14.4 Å². The molecule has 14 nitrogen and oxygen atoms in total. The van der Waals surface area contributed by atoms with Crippen molar-refractivity contribution in [1.82, 2.24) is 24.9 Å². The quantitative estimate of drug-likeness (QED) is 0.168. The van der Waals surface area contributed by atoms with Gasteiger partial charge < -0.3 is 29.2 Å². The number of hydrogen-bond acceptors (Lipinski definition) is 12. The molecule has 9 rings (SSSR count). The standard InChI is InChI=1S/C42H39N5O9S2/c1-3-25-21-42(25,41(50)46-58(51,52)28-9-5-4-6-10-28)45-38(48)33-19-27(22-47(33)40(49)24-13-16-34-36(17-24)55-23-54-34)56-35-20-32(39-44-30-11-7-8-12-37(30)57-39)43-31-18-26(53-2)14-15-29(31)35/h3-6,9-10,13-18,20,25,27,33H,1,7-8,11-12,19,21-23H2,2H3,(H,45,48)(H,46,50)/t25-,27-,33+,42-/m1/s1. The molecule has 1 saturated carbocycles. The molecule has 298 valence electrons. The number of likely N-dealkylation sites (tertiary alicyclic amines) is 1. The van der Waals surface area contributed by atoms with Gasteiger partial charge in [0.25, 0.3) is 21.8 Å². The van der Waals surface area contributed by atoms with Crippen molar-refractivity contribution in [3.8, 4) is 33.7 Å². The van der Waals surface area contributed by atoms with Gasteiger partial charge in [0.2, 0.25) is 12.7 Å². The summed E-state index contributed by atoms with van der Waals surface area (Å²) in [7, 11) is -2.67. The Balaban J connectivity index is 1.03. The molecule has 2 aromatic heterocycles. The Kier molecular flexibility index (Phi) is 9.55. The van der Waals surface area contributed by atoms with Crippen LogP contribution in [0.15, 0.2) is 90.3 Å². The molecule has 2 aliphatic carbocycles. The number of carbonyl (C=O) groups excluding carboxylic acids is 3. The van der Waals surface area contributed by atoms with Crippen LogP contribution in [-0.2, 0) is 32.5 Å². The molecular formula is C42H39N5O9S2. The van der Waals surface area contributed by atoms with Crippen LogP contribution in [0.1, 0.15) is 46.6 Å².